The Morgan fingerprint density at radius 2 is 0.871 bits per heavy atom. The van der Waals surface area contributed by atoms with Gasteiger partial charge in [-0.05, 0) is 106 Å². The number of hydrogen-bond acceptors (Lipinski definition) is 15. The van der Waals surface area contributed by atoms with Gasteiger partial charge in [-0.15, -0.1) is 0 Å². The summed E-state index contributed by atoms with van der Waals surface area (Å²) in [5.74, 6) is -1.11. The van der Waals surface area contributed by atoms with Crippen LogP contribution in [0.1, 0.15) is 51.4 Å². The molecule has 15 heteroatoms. The van der Waals surface area contributed by atoms with E-state index in [4.69, 9.17) is 47.4 Å². The van der Waals surface area contributed by atoms with E-state index >= 15 is 0 Å². The second-order valence-electron chi connectivity index (χ2n) is 13.9. The van der Waals surface area contributed by atoms with E-state index in [1.165, 1.54) is 0 Å². The van der Waals surface area contributed by atoms with E-state index in [0.717, 1.165) is 31.1 Å². The highest BCUT2D eigenvalue weighted by atomic mass is 16.6. The Balaban J connectivity index is 1.36. The largest absolute Gasteiger partial charge is 0.494 e. The number of unbranched alkanes of at least 4 members (excludes halogenated alkanes) is 2. The molecule has 2 atom stereocenters. The highest BCUT2D eigenvalue weighted by molar-refractivity contribution is 5.82. The predicted octanol–water partition coefficient (Wildman–Crippen LogP) is 7.00. The molecule has 2 unspecified atom stereocenters. The predicted molar refractivity (Wildman–Crippen MR) is 227 cm³/mol. The van der Waals surface area contributed by atoms with Crippen LogP contribution in [-0.2, 0) is 52.4 Å². The fraction of sp³-hybridized carbons (Fsp3) is 0.426. The Bertz CT molecular complexity index is 1630. The normalized spacial score (nSPS) is 15.3. The molecule has 15 nitrogen and oxygen atoms in total. The molecule has 2 aromatic rings. The van der Waals surface area contributed by atoms with E-state index in [9.17, 15) is 24.0 Å². The third kappa shape index (κ3) is 20.4. The quantitative estimate of drug-likeness (QED) is 0.0144. The SMILES string of the molecule is C=CC(=C)OCCCCOCC(COc1ccc(OC(=O)C2CCC(C(=O)Oc3ccc(OCC(COCCCCOC(=O)C=C)OC(=O)C=C)cc3)CC2)cc1)OC(=O)C=C. The highest BCUT2D eigenvalue weighted by Gasteiger charge is 2.32. The van der Waals surface area contributed by atoms with Gasteiger partial charge in [-0.1, -0.05) is 32.9 Å². The summed E-state index contributed by atoms with van der Waals surface area (Å²) in [5, 5.41) is 0. The summed E-state index contributed by atoms with van der Waals surface area (Å²) in [4.78, 5) is 60.8. The van der Waals surface area contributed by atoms with Crippen LogP contribution in [0.4, 0.5) is 0 Å². The number of rotatable bonds is 31. The van der Waals surface area contributed by atoms with Crippen LogP contribution in [0.2, 0.25) is 0 Å². The molecule has 0 bridgehead atoms. The molecule has 3 rings (SSSR count). The van der Waals surface area contributed by atoms with Gasteiger partial charge in [0.15, 0.2) is 12.2 Å². The summed E-state index contributed by atoms with van der Waals surface area (Å²) < 4.78 is 55.2. The van der Waals surface area contributed by atoms with Crippen LogP contribution in [0.5, 0.6) is 23.0 Å². The zero-order valence-corrected chi connectivity index (χ0v) is 35.2. The van der Waals surface area contributed by atoms with Crippen LogP contribution in [0.3, 0.4) is 0 Å². The summed E-state index contributed by atoms with van der Waals surface area (Å²) in [6.07, 6.45) is 7.94. The van der Waals surface area contributed by atoms with Crippen molar-refractivity contribution in [3.63, 3.8) is 0 Å². The van der Waals surface area contributed by atoms with E-state index in [1.807, 2.05) is 0 Å². The van der Waals surface area contributed by atoms with Gasteiger partial charge in [-0.2, -0.15) is 0 Å². The summed E-state index contributed by atoms with van der Waals surface area (Å²) in [6.45, 7) is 19.3. The number of esters is 5. The van der Waals surface area contributed by atoms with Crippen LogP contribution in [0.15, 0.2) is 111 Å². The zero-order chi connectivity index (χ0) is 45.0. The van der Waals surface area contributed by atoms with Crippen molar-refractivity contribution in [1.29, 1.82) is 0 Å². The number of hydrogen-bond donors (Lipinski definition) is 0. The second-order valence-corrected chi connectivity index (χ2v) is 13.9. The zero-order valence-electron chi connectivity index (χ0n) is 35.2. The van der Waals surface area contributed by atoms with Crippen LogP contribution in [0, 0.1) is 11.8 Å². The van der Waals surface area contributed by atoms with E-state index < -0.39 is 36.1 Å². The number of carbonyl (C=O) groups is 5. The Morgan fingerprint density at radius 3 is 1.26 bits per heavy atom. The third-order valence-electron chi connectivity index (χ3n) is 9.15. The average Bonchev–Trinajstić information content (AvgIpc) is 3.29. The molecule has 0 radical (unpaired) electrons. The molecule has 1 aliphatic carbocycles. The molecule has 2 aromatic carbocycles. The fourth-order valence-corrected chi connectivity index (χ4v) is 5.74. The van der Waals surface area contributed by atoms with Gasteiger partial charge in [0.2, 0.25) is 0 Å². The Kier molecular flexibility index (Phi) is 23.6. The third-order valence-corrected chi connectivity index (χ3v) is 9.15. The lowest BCUT2D eigenvalue weighted by Crippen LogP contribution is -2.30. The average molecular weight is 863 g/mol. The standard InChI is InChI=1S/C47H58O15/c1-6-34(5)55-28-12-10-26-53-30-41(59-44(49)8-3)32-57-37-18-22-39(23-19-37)61-46(51)35-14-16-36(17-15-35)47(52)62-40-24-20-38(21-25-40)58-33-42(60-45(50)9-4)31-54-27-11-13-29-56-43(48)7-2/h6-9,18-25,35-36,41-42H,1-5,10-17,26-33H2. The Labute approximate surface area is 363 Å². The monoisotopic (exact) mass is 862 g/mol. The molecular weight excluding hydrogens is 805 g/mol. The first-order valence-corrected chi connectivity index (χ1v) is 20.5. The fourth-order valence-electron chi connectivity index (χ4n) is 5.74. The maximum absolute atomic E-state index is 13.0. The van der Waals surface area contributed by atoms with Crippen molar-refractivity contribution in [3.8, 4) is 23.0 Å². The minimum absolute atomic E-state index is 0.00163. The second kappa shape index (κ2) is 29.1. The van der Waals surface area contributed by atoms with Crippen LogP contribution in [0.25, 0.3) is 0 Å². The van der Waals surface area contributed by atoms with Crippen molar-refractivity contribution in [2.75, 3.05) is 52.9 Å². The van der Waals surface area contributed by atoms with Gasteiger partial charge in [0.25, 0.3) is 0 Å². The van der Waals surface area contributed by atoms with Crippen molar-refractivity contribution in [2.24, 2.45) is 11.8 Å². The van der Waals surface area contributed by atoms with E-state index in [-0.39, 0.29) is 50.8 Å². The molecule has 0 aliphatic heterocycles. The lowest BCUT2D eigenvalue weighted by Gasteiger charge is -2.25. The van der Waals surface area contributed by atoms with E-state index in [0.29, 0.717) is 87.1 Å². The molecule has 0 aromatic heterocycles. The van der Waals surface area contributed by atoms with Gasteiger partial charge in [-0.25, -0.2) is 14.4 Å². The van der Waals surface area contributed by atoms with Gasteiger partial charge < -0.3 is 47.4 Å². The molecule has 0 saturated heterocycles. The Morgan fingerprint density at radius 1 is 0.500 bits per heavy atom. The molecule has 0 heterocycles. The summed E-state index contributed by atoms with van der Waals surface area (Å²) in [7, 11) is 0. The van der Waals surface area contributed by atoms with Crippen molar-refractivity contribution >= 4 is 29.8 Å². The molecule has 1 fully saturated rings. The molecule has 0 N–H and O–H groups in total. The molecule has 336 valence electrons. The van der Waals surface area contributed by atoms with Gasteiger partial charge >= 0.3 is 29.8 Å². The number of ether oxygens (including phenoxy) is 10. The number of carbonyl (C=O) groups excluding carboxylic acids is 5. The smallest absolute Gasteiger partial charge is 0.330 e. The van der Waals surface area contributed by atoms with Crippen molar-refractivity contribution in [3.05, 3.63) is 111 Å². The molecule has 1 aliphatic rings. The molecule has 62 heavy (non-hydrogen) atoms. The molecule has 1 saturated carbocycles. The number of benzene rings is 2. The summed E-state index contributed by atoms with van der Waals surface area (Å²) in [5.41, 5.74) is 0. The van der Waals surface area contributed by atoms with Crippen molar-refractivity contribution < 1.29 is 71.3 Å². The molecule has 0 amide bonds. The van der Waals surface area contributed by atoms with Crippen LogP contribution < -0.4 is 18.9 Å². The van der Waals surface area contributed by atoms with Gasteiger partial charge in [0.05, 0.1) is 38.3 Å². The first-order chi connectivity index (χ1) is 30.0. The van der Waals surface area contributed by atoms with Crippen molar-refractivity contribution in [2.45, 2.75) is 63.6 Å². The first kappa shape index (κ1) is 50.2. The van der Waals surface area contributed by atoms with Gasteiger partial charge in [-0.3, -0.25) is 9.59 Å². The first-order valence-electron chi connectivity index (χ1n) is 20.5. The Hall–Kier alpha value is -6.19. The summed E-state index contributed by atoms with van der Waals surface area (Å²) >= 11 is 0. The lowest BCUT2D eigenvalue weighted by molar-refractivity contribution is -0.148. The maximum atomic E-state index is 13.0. The minimum atomic E-state index is -0.713. The molecule has 0 spiro atoms. The van der Waals surface area contributed by atoms with Gasteiger partial charge in [0, 0.05) is 31.4 Å². The van der Waals surface area contributed by atoms with Crippen molar-refractivity contribution in [1.82, 2.24) is 0 Å². The van der Waals surface area contributed by atoms with Crippen LogP contribution in [-0.4, -0.2) is 94.9 Å². The van der Waals surface area contributed by atoms with Gasteiger partial charge in [0.1, 0.15) is 42.0 Å². The maximum Gasteiger partial charge on any atom is 0.330 e. The molecular formula is C47H58O15. The van der Waals surface area contributed by atoms with Crippen LogP contribution >= 0.6 is 0 Å². The highest BCUT2D eigenvalue weighted by Crippen LogP contribution is 2.32. The summed E-state index contributed by atoms with van der Waals surface area (Å²) in [6, 6.07) is 13.0. The minimum Gasteiger partial charge on any atom is -0.494 e. The van der Waals surface area contributed by atoms with E-state index in [1.54, 1.807) is 54.6 Å². The lowest BCUT2D eigenvalue weighted by atomic mass is 9.82. The topological polar surface area (TPSA) is 178 Å². The van der Waals surface area contributed by atoms with E-state index in [2.05, 4.69) is 32.9 Å². The number of allylic oxidation sites excluding steroid dienone is 1.